The lowest BCUT2D eigenvalue weighted by Crippen LogP contribution is -2.54. The van der Waals surface area contributed by atoms with Gasteiger partial charge in [0.05, 0.1) is 6.04 Å². The maximum Gasteiger partial charge on any atom is 0.237 e. The number of likely N-dealkylation sites (tertiary alicyclic amines) is 1. The molecule has 1 aliphatic rings. The average molecular weight is 227 g/mol. The minimum atomic E-state index is 0.00126. The third kappa shape index (κ3) is 3.19. The molecule has 1 amide bonds. The van der Waals surface area contributed by atoms with Crippen LogP contribution in [0.2, 0.25) is 0 Å². The Hall–Kier alpha value is -0.610. The van der Waals surface area contributed by atoms with Gasteiger partial charge in [-0.15, -0.1) is 0 Å². The van der Waals surface area contributed by atoms with Gasteiger partial charge in [0.25, 0.3) is 0 Å². The summed E-state index contributed by atoms with van der Waals surface area (Å²) < 4.78 is 0. The van der Waals surface area contributed by atoms with Gasteiger partial charge in [0.2, 0.25) is 5.91 Å². The van der Waals surface area contributed by atoms with Gasteiger partial charge >= 0.3 is 0 Å². The number of likely N-dealkylation sites (N-methyl/N-ethyl adjacent to an activating group) is 1. The van der Waals surface area contributed by atoms with Crippen molar-refractivity contribution >= 4 is 5.91 Å². The number of carbonyl (C=O) groups excluding carboxylic acids is 1. The van der Waals surface area contributed by atoms with Gasteiger partial charge in [-0.3, -0.25) is 9.69 Å². The molecule has 0 aromatic rings. The third-order valence-corrected chi connectivity index (χ3v) is 3.78. The molecule has 4 heteroatoms. The largest absolute Gasteiger partial charge is 0.355 e. The zero-order valence-electron chi connectivity index (χ0n) is 11.0. The van der Waals surface area contributed by atoms with Crippen molar-refractivity contribution in [3.63, 3.8) is 0 Å². The second-order valence-electron chi connectivity index (χ2n) is 4.92. The van der Waals surface area contributed by atoms with Crippen LogP contribution >= 0.6 is 0 Å². The van der Waals surface area contributed by atoms with Crippen LogP contribution in [0.5, 0.6) is 0 Å². The van der Waals surface area contributed by atoms with Crippen molar-refractivity contribution in [1.82, 2.24) is 15.5 Å². The summed E-state index contributed by atoms with van der Waals surface area (Å²) >= 11 is 0. The first kappa shape index (κ1) is 13.5. The Morgan fingerprint density at radius 2 is 2.00 bits per heavy atom. The summed E-state index contributed by atoms with van der Waals surface area (Å²) in [7, 11) is 2.02. The molecule has 0 spiro atoms. The maximum absolute atomic E-state index is 11.7. The monoisotopic (exact) mass is 227 g/mol. The molecule has 0 aliphatic carbocycles. The third-order valence-electron chi connectivity index (χ3n) is 3.78. The molecular formula is C12H25N3O. The van der Waals surface area contributed by atoms with Crippen LogP contribution in [0.25, 0.3) is 0 Å². The Balaban J connectivity index is 2.44. The second kappa shape index (κ2) is 5.64. The van der Waals surface area contributed by atoms with E-state index < -0.39 is 0 Å². The smallest absolute Gasteiger partial charge is 0.237 e. The molecule has 94 valence electrons. The number of nitrogens with one attached hydrogen (secondary N) is 2. The highest BCUT2D eigenvalue weighted by Crippen LogP contribution is 2.22. The molecular weight excluding hydrogens is 202 g/mol. The van der Waals surface area contributed by atoms with Gasteiger partial charge in [0.1, 0.15) is 0 Å². The Bertz CT molecular complexity index is 234. The normalized spacial score (nSPS) is 22.8. The molecule has 0 radical (unpaired) electrons. The van der Waals surface area contributed by atoms with Gasteiger partial charge in [-0.1, -0.05) is 0 Å². The van der Waals surface area contributed by atoms with Crippen LogP contribution in [-0.2, 0) is 4.79 Å². The highest BCUT2D eigenvalue weighted by atomic mass is 16.2. The zero-order valence-corrected chi connectivity index (χ0v) is 11.0. The molecule has 4 nitrogen and oxygen atoms in total. The van der Waals surface area contributed by atoms with Crippen LogP contribution in [0.15, 0.2) is 0 Å². The number of hydrogen-bond donors (Lipinski definition) is 2. The summed E-state index contributed by atoms with van der Waals surface area (Å²) in [6, 6.07) is 0.00126. The number of nitrogens with zero attached hydrogens (tertiary/aromatic N) is 1. The molecule has 0 bridgehead atoms. The van der Waals surface area contributed by atoms with Gasteiger partial charge in [-0.05, 0) is 40.7 Å². The fourth-order valence-electron chi connectivity index (χ4n) is 2.14. The van der Waals surface area contributed by atoms with Crippen LogP contribution in [0.3, 0.4) is 0 Å². The van der Waals surface area contributed by atoms with Crippen LogP contribution in [0.1, 0.15) is 33.6 Å². The Morgan fingerprint density at radius 1 is 1.44 bits per heavy atom. The zero-order chi connectivity index (χ0) is 12.2. The first-order valence-corrected chi connectivity index (χ1v) is 6.23. The quantitative estimate of drug-likeness (QED) is 0.738. The van der Waals surface area contributed by atoms with E-state index in [1.165, 1.54) is 0 Å². The van der Waals surface area contributed by atoms with Gasteiger partial charge < -0.3 is 10.6 Å². The van der Waals surface area contributed by atoms with E-state index in [0.717, 1.165) is 25.9 Å². The van der Waals surface area contributed by atoms with E-state index in [-0.39, 0.29) is 17.5 Å². The van der Waals surface area contributed by atoms with E-state index >= 15 is 0 Å². The number of piperidine rings is 1. The molecule has 0 aromatic heterocycles. The van der Waals surface area contributed by atoms with E-state index in [2.05, 4.69) is 22.5 Å². The fraction of sp³-hybridized carbons (Fsp3) is 0.917. The predicted molar refractivity (Wildman–Crippen MR) is 66.4 cm³/mol. The number of rotatable bonds is 4. The first-order valence-electron chi connectivity index (χ1n) is 6.23. The van der Waals surface area contributed by atoms with Crippen molar-refractivity contribution in [2.24, 2.45) is 0 Å². The van der Waals surface area contributed by atoms with Crippen LogP contribution in [0, 0.1) is 0 Å². The molecule has 0 saturated carbocycles. The molecule has 1 aliphatic heterocycles. The standard InChI is InChI=1S/C12H25N3O/c1-5-14-11(16)10(2)15-8-6-12(3,13-4)7-9-15/h10,13H,5-9H2,1-4H3,(H,14,16). The summed E-state index contributed by atoms with van der Waals surface area (Å²) in [5, 5.41) is 6.25. The lowest BCUT2D eigenvalue weighted by atomic mass is 9.89. The Kier molecular flexibility index (Phi) is 4.74. The summed E-state index contributed by atoms with van der Waals surface area (Å²) in [6.45, 7) is 8.91. The van der Waals surface area contributed by atoms with E-state index in [0.29, 0.717) is 6.54 Å². The van der Waals surface area contributed by atoms with Crippen LogP contribution in [0.4, 0.5) is 0 Å². The lowest BCUT2D eigenvalue weighted by Gasteiger charge is -2.41. The highest BCUT2D eigenvalue weighted by Gasteiger charge is 2.31. The molecule has 1 heterocycles. The van der Waals surface area contributed by atoms with Gasteiger partial charge in [0, 0.05) is 25.2 Å². The van der Waals surface area contributed by atoms with Gasteiger partial charge in [-0.2, -0.15) is 0 Å². The van der Waals surface area contributed by atoms with Crippen molar-refractivity contribution in [3.8, 4) is 0 Å². The molecule has 1 atom stereocenters. The fourth-order valence-corrected chi connectivity index (χ4v) is 2.14. The summed E-state index contributed by atoms with van der Waals surface area (Å²) in [4.78, 5) is 14.0. The molecule has 1 rings (SSSR count). The number of carbonyl (C=O) groups is 1. The van der Waals surface area contributed by atoms with E-state index in [1.807, 2.05) is 20.9 Å². The molecule has 16 heavy (non-hydrogen) atoms. The van der Waals surface area contributed by atoms with Gasteiger partial charge in [0.15, 0.2) is 0 Å². The predicted octanol–water partition coefficient (Wildman–Crippen LogP) is 0.585. The summed E-state index contributed by atoms with van der Waals surface area (Å²) in [5.74, 6) is 0.149. The van der Waals surface area contributed by atoms with E-state index in [1.54, 1.807) is 0 Å². The highest BCUT2D eigenvalue weighted by molar-refractivity contribution is 5.81. The van der Waals surface area contributed by atoms with E-state index in [9.17, 15) is 4.79 Å². The van der Waals surface area contributed by atoms with Crippen molar-refractivity contribution in [2.45, 2.75) is 45.2 Å². The SMILES string of the molecule is CCNC(=O)C(C)N1CCC(C)(NC)CC1. The Labute approximate surface area is 98.8 Å². The van der Waals surface area contributed by atoms with Crippen molar-refractivity contribution in [1.29, 1.82) is 0 Å². The minimum absolute atomic E-state index is 0.00126. The average Bonchev–Trinajstić information content (AvgIpc) is 2.29. The van der Waals surface area contributed by atoms with Crippen LogP contribution in [-0.4, -0.2) is 49.1 Å². The summed E-state index contributed by atoms with van der Waals surface area (Å²) in [5.41, 5.74) is 0.247. The molecule has 1 saturated heterocycles. The molecule has 1 fully saturated rings. The van der Waals surface area contributed by atoms with Gasteiger partial charge in [-0.25, -0.2) is 0 Å². The summed E-state index contributed by atoms with van der Waals surface area (Å²) in [6.07, 6.45) is 2.21. The molecule has 1 unspecified atom stereocenters. The number of hydrogen-bond acceptors (Lipinski definition) is 3. The van der Waals surface area contributed by atoms with E-state index in [4.69, 9.17) is 0 Å². The first-order chi connectivity index (χ1) is 7.52. The second-order valence-corrected chi connectivity index (χ2v) is 4.92. The molecule has 2 N–H and O–H groups in total. The van der Waals surface area contributed by atoms with Crippen molar-refractivity contribution in [2.75, 3.05) is 26.7 Å². The lowest BCUT2D eigenvalue weighted by molar-refractivity contribution is -0.126. The molecule has 0 aromatic carbocycles. The maximum atomic E-state index is 11.7. The Morgan fingerprint density at radius 3 is 2.44 bits per heavy atom. The minimum Gasteiger partial charge on any atom is -0.355 e. The topological polar surface area (TPSA) is 44.4 Å². The van der Waals surface area contributed by atoms with Crippen LogP contribution < -0.4 is 10.6 Å². The number of amides is 1. The van der Waals surface area contributed by atoms with Crippen molar-refractivity contribution in [3.05, 3.63) is 0 Å². The van der Waals surface area contributed by atoms with Crippen molar-refractivity contribution < 1.29 is 4.79 Å².